The molecule has 0 aliphatic carbocycles. The van der Waals surface area contributed by atoms with Crippen LogP contribution in [-0.4, -0.2) is 17.7 Å². The van der Waals surface area contributed by atoms with E-state index in [2.05, 4.69) is 41.9 Å². The molecule has 0 aromatic heterocycles. The van der Waals surface area contributed by atoms with E-state index in [-0.39, 0.29) is 12.5 Å². The smallest absolute Gasteiger partial charge is 0.271 e. The number of rotatable bonds is 10. The first-order valence-electron chi connectivity index (χ1n) is 14.3. The Bertz CT molecular complexity index is 1720. The molecule has 0 N–H and O–H groups in total. The van der Waals surface area contributed by atoms with Crippen LogP contribution >= 0.6 is 50.9 Å². The highest BCUT2D eigenvalue weighted by Gasteiger charge is 2.35. The summed E-state index contributed by atoms with van der Waals surface area (Å²) in [5.74, 6) is 0.957. The number of hydrogen-bond acceptors (Lipinski definition) is 5. The zero-order chi connectivity index (χ0) is 31.2. The molecule has 1 aliphatic heterocycles. The van der Waals surface area contributed by atoms with Gasteiger partial charge in [0.15, 0.2) is 16.7 Å². The van der Waals surface area contributed by atoms with Crippen LogP contribution in [0.25, 0.3) is 6.08 Å². The van der Waals surface area contributed by atoms with Crippen LogP contribution in [0.15, 0.2) is 93.2 Å². The summed E-state index contributed by atoms with van der Waals surface area (Å²) in [6.07, 6.45) is 3.72. The van der Waals surface area contributed by atoms with Crippen LogP contribution in [-0.2, 0) is 24.2 Å². The molecule has 1 heterocycles. The van der Waals surface area contributed by atoms with E-state index in [1.165, 1.54) is 22.9 Å². The van der Waals surface area contributed by atoms with Gasteiger partial charge < -0.3 is 9.47 Å². The number of aryl methyl sites for hydroxylation is 2. The molecular formula is C35H31BrCl2N2O3S. The minimum absolute atomic E-state index is 0.147. The van der Waals surface area contributed by atoms with Gasteiger partial charge in [-0.1, -0.05) is 83.3 Å². The number of carbonyl (C=O) groups excluding carboxylic acids is 1. The second-order valence-corrected chi connectivity index (χ2v) is 12.7. The van der Waals surface area contributed by atoms with E-state index in [1.54, 1.807) is 17.0 Å². The summed E-state index contributed by atoms with van der Waals surface area (Å²) in [7, 11) is 0. The first-order chi connectivity index (χ1) is 21.3. The Morgan fingerprint density at radius 3 is 2.16 bits per heavy atom. The summed E-state index contributed by atoms with van der Waals surface area (Å²) in [5, 5.41) is 1.68. The lowest BCUT2D eigenvalue weighted by atomic mass is 10.1. The van der Waals surface area contributed by atoms with Crippen LogP contribution < -0.4 is 14.4 Å². The minimum Gasteiger partial charge on any atom is -0.490 e. The second-order valence-electron chi connectivity index (χ2n) is 9.96. The Kier molecular flexibility index (Phi) is 10.7. The van der Waals surface area contributed by atoms with Crippen LogP contribution in [0.3, 0.4) is 0 Å². The summed E-state index contributed by atoms with van der Waals surface area (Å²) in [6, 6.07) is 25.1. The molecule has 0 radical (unpaired) electrons. The van der Waals surface area contributed by atoms with Crippen LogP contribution in [0, 0.1) is 0 Å². The zero-order valence-electron chi connectivity index (χ0n) is 24.6. The molecule has 226 valence electrons. The van der Waals surface area contributed by atoms with E-state index < -0.39 is 0 Å². The van der Waals surface area contributed by atoms with Crippen molar-refractivity contribution in [2.75, 3.05) is 11.5 Å². The van der Waals surface area contributed by atoms with Gasteiger partial charge in [0.2, 0.25) is 0 Å². The third-order valence-corrected chi connectivity index (χ3v) is 9.27. The number of benzene rings is 4. The first-order valence-corrected chi connectivity index (χ1v) is 16.7. The lowest BCUT2D eigenvalue weighted by Crippen LogP contribution is -2.28. The molecule has 1 amide bonds. The second kappa shape index (κ2) is 14.7. The van der Waals surface area contributed by atoms with Crippen molar-refractivity contribution in [2.45, 2.75) is 40.2 Å². The van der Waals surface area contributed by atoms with Gasteiger partial charge in [0, 0.05) is 20.1 Å². The van der Waals surface area contributed by atoms with Gasteiger partial charge >= 0.3 is 0 Å². The minimum atomic E-state index is -0.147. The van der Waals surface area contributed by atoms with Crippen LogP contribution in [0.5, 0.6) is 11.5 Å². The van der Waals surface area contributed by atoms with Gasteiger partial charge in [-0.3, -0.25) is 9.69 Å². The molecule has 0 unspecified atom stereocenters. The van der Waals surface area contributed by atoms with Crippen molar-refractivity contribution in [3.63, 3.8) is 0 Å². The van der Waals surface area contributed by atoms with Gasteiger partial charge in [-0.15, -0.1) is 0 Å². The fourth-order valence-corrected chi connectivity index (χ4v) is 6.44. The van der Waals surface area contributed by atoms with Crippen molar-refractivity contribution in [3.8, 4) is 11.5 Å². The number of ether oxygens (including phenoxy) is 2. The predicted octanol–water partition coefficient (Wildman–Crippen LogP) is 10.7. The molecule has 0 atom stereocenters. The number of hydrogen-bond donors (Lipinski definition) is 0. The molecule has 9 heteroatoms. The summed E-state index contributed by atoms with van der Waals surface area (Å²) in [5.41, 5.74) is 5.57. The summed E-state index contributed by atoms with van der Waals surface area (Å²) < 4.78 is 12.8. The van der Waals surface area contributed by atoms with Crippen molar-refractivity contribution in [1.82, 2.24) is 0 Å². The molecule has 44 heavy (non-hydrogen) atoms. The van der Waals surface area contributed by atoms with Crippen molar-refractivity contribution >= 4 is 79.4 Å². The highest BCUT2D eigenvalue weighted by Crippen LogP contribution is 2.41. The quantitative estimate of drug-likeness (QED) is 0.154. The maximum Gasteiger partial charge on any atom is 0.271 e. The molecule has 0 saturated carbocycles. The van der Waals surface area contributed by atoms with Gasteiger partial charge in [0.05, 0.1) is 22.9 Å². The average Bonchev–Trinajstić information content (AvgIpc) is 3.32. The number of aliphatic imine (C=N–C) groups is 1. The van der Waals surface area contributed by atoms with E-state index in [9.17, 15) is 4.79 Å². The number of amides is 1. The van der Waals surface area contributed by atoms with E-state index in [0.717, 1.165) is 39.8 Å². The zero-order valence-corrected chi connectivity index (χ0v) is 28.5. The van der Waals surface area contributed by atoms with Gasteiger partial charge in [-0.25, -0.2) is 4.99 Å². The molecule has 0 bridgehead atoms. The Labute approximate surface area is 281 Å². The van der Waals surface area contributed by atoms with E-state index >= 15 is 0 Å². The van der Waals surface area contributed by atoms with Crippen molar-refractivity contribution in [3.05, 3.63) is 121 Å². The summed E-state index contributed by atoms with van der Waals surface area (Å²) >= 11 is 17.4. The van der Waals surface area contributed by atoms with Crippen LogP contribution in [0.1, 0.15) is 43.0 Å². The van der Waals surface area contributed by atoms with Gasteiger partial charge in [0.25, 0.3) is 5.91 Å². The van der Waals surface area contributed by atoms with Gasteiger partial charge in [-0.05, 0) is 103 Å². The number of thioether (sulfide) groups is 1. The standard InChI is InChI=1S/C35H31BrCl2N2O3S/c1-4-22-7-13-27(14-8-22)39-35-40(28-15-9-23(5-2)10-16-28)34(41)33(44-35)18-25-17-31(42-6-3)32(20-29(25)36)43-21-24-11-12-26(37)19-30(24)38/h7-20H,4-6,21H2,1-3H3/b33-18-,39-35?. The fourth-order valence-electron chi connectivity index (χ4n) is 4.55. The average molecular weight is 711 g/mol. The summed E-state index contributed by atoms with van der Waals surface area (Å²) in [6.45, 7) is 6.82. The number of halogens is 3. The Morgan fingerprint density at radius 1 is 0.864 bits per heavy atom. The largest absolute Gasteiger partial charge is 0.490 e. The molecule has 1 saturated heterocycles. The number of carbonyl (C=O) groups is 1. The third-order valence-electron chi connectivity index (χ3n) is 7.03. The van der Waals surface area contributed by atoms with Crippen LogP contribution in [0.2, 0.25) is 10.0 Å². The monoisotopic (exact) mass is 708 g/mol. The molecule has 4 aromatic carbocycles. The van der Waals surface area contributed by atoms with Crippen molar-refractivity contribution in [1.29, 1.82) is 0 Å². The number of nitrogens with zero attached hydrogens (tertiary/aromatic N) is 2. The normalized spacial score (nSPS) is 15.0. The maximum atomic E-state index is 13.9. The Morgan fingerprint density at radius 2 is 1.52 bits per heavy atom. The third kappa shape index (κ3) is 7.52. The predicted molar refractivity (Wildman–Crippen MR) is 188 cm³/mol. The highest BCUT2D eigenvalue weighted by molar-refractivity contribution is 9.10. The molecule has 0 spiro atoms. The summed E-state index contributed by atoms with van der Waals surface area (Å²) in [4.78, 5) is 21.0. The Hall–Kier alpha value is -3.23. The fraction of sp³-hybridized carbons (Fsp3) is 0.200. The first kappa shape index (κ1) is 32.2. The number of anilines is 1. The van der Waals surface area contributed by atoms with E-state index in [0.29, 0.717) is 38.2 Å². The molecule has 4 aromatic rings. The molecule has 1 aliphatic rings. The Balaban J connectivity index is 1.48. The van der Waals surface area contributed by atoms with Gasteiger partial charge in [-0.2, -0.15) is 0 Å². The highest BCUT2D eigenvalue weighted by atomic mass is 79.9. The van der Waals surface area contributed by atoms with Crippen molar-refractivity contribution < 1.29 is 14.3 Å². The van der Waals surface area contributed by atoms with E-state index in [4.69, 9.17) is 37.7 Å². The topological polar surface area (TPSA) is 51.1 Å². The lowest BCUT2D eigenvalue weighted by Gasteiger charge is -2.16. The van der Waals surface area contributed by atoms with Crippen molar-refractivity contribution in [2.24, 2.45) is 4.99 Å². The van der Waals surface area contributed by atoms with E-state index in [1.807, 2.05) is 67.6 Å². The molecular weight excluding hydrogens is 679 g/mol. The maximum absolute atomic E-state index is 13.9. The van der Waals surface area contributed by atoms with Gasteiger partial charge in [0.1, 0.15) is 6.61 Å². The molecule has 1 fully saturated rings. The molecule has 5 nitrogen and oxygen atoms in total. The van der Waals surface area contributed by atoms with Crippen LogP contribution in [0.4, 0.5) is 11.4 Å². The lowest BCUT2D eigenvalue weighted by molar-refractivity contribution is -0.113. The molecule has 5 rings (SSSR count). The number of amidine groups is 1. The SMILES string of the molecule is CCOc1cc(/C=C2\SC(=Nc3ccc(CC)cc3)N(c3ccc(CC)cc3)C2=O)c(Br)cc1OCc1ccc(Cl)cc1Cl.